The van der Waals surface area contributed by atoms with E-state index in [-0.39, 0.29) is 16.5 Å². The molecule has 2 aromatic rings. The largest absolute Gasteiger partial charge is 0.508 e. The number of hydrogen-bond acceptors (Lipinski definition) is 3. The first-order chi connectivity index (χ1) is 10.8. The van der Waals surface area contributed by atoms with Crippen molar-refractivity contribution in [2.24, 2.45) is 5.10 Å². The molecular formula is C15H12F3N3OS. The summed E-state index contributed by atoms with van der Waals surface area (Å²) in [5, 5.41) is 15.8. The molecule has 0 saturated heterocycles. The number of alkyl halides is 3. The second-order valence-corrected chi connectivity index (χ2v) is 4.91. The summed E-state index contributed by atoms with van der Waals surface area (Å²) in [7, 11) is 0. The predicted molar refractivity (Wildman–Crippen MR) is 86.5 cm³/mol. The second-order valence-electron chi connectivity index (χ2n) is 4.50. The number of phenols is 1. The lowest BCUT2D eigenvalue weighted by atomic mass is 10.2. The third kappa shape index (κ3) is 5.26. The van der Waals surface area contributed by atoms with E-state index in [1.807, 2.05) is 0 Å². The highest BCUT2D eigenvalue weighted by Gasteiger charge is 2.30. The molecule has 8 heteroatoms. The maximum absolute atomic E-state index is 12.6. The van der Waals surface area contributed by atoms with Gasteiger partial charge in [0.15, 0.2) is 5.11 Å². The van der Waals surface area contributed by atoms with E-state index in [2.05, 4.69) is 15.8 Å². The third-order valence-electron chi connectivity index (χ3n) is 2.70. The molecule has 23 heavy (non-hydrogen) atoms. The van der Waals surface area contributed by atoms with Crippen molar-refractivity contribution < 1.29 is 18.3 Å². The first-order valence-corrected chi connectivity index (χ1v) is 6.82. The molecule has 0 unspecified atom stereocenters. The van der Waals surface area contributed by atoms with Gasteiger partial charge >= 0.3 is 6.18 Å². The van der Waals surface area contributed by atoms with Gasteiger partial charge in [-0.3, -0.25) is 5.43 Å². The fourth-order valence-electron chi connectivity index (χ4n) is 1.70. The number of hydrazone groups is 1. The molecule has 0 aromatic heterocycles. The highest BCUT2D eigenvalue weighted by molar-refractivity contribution is 7.80. The molecule has 0 atom stereocenters. The number of halogens is 3. The molecule has 2 aromatic carbocycles. The van der Waals surface area contributed by atoms with Gasteiger partial charge in [-0.1, -0.05) is 18.2 Å². The lowest BCUT2D eigenvalue weighted by Crippen LogP contribution is -2.24. The Morgan fingerprint density at radius 3 is 2.57 bits per heavy atom. The molecule has 0 amide bonds. The molecule has 120 valence electrons. The zero-order valence-corrected chi connectivity index (χ0v) is 12.4. The van der Waals surface area contributed by atoms with E-state index in [0.717, 1.165) is 12.1 Å². The van der Waals surface area contributed by atoms with Crippen LogP contribution in [0.2, 0.25) is 0 Å². The van der Waals surface area contributed by atoms with Gasteiger partial charge in [-0.25, -0.2) is 0 Å². The fraction of sp³-hybridized carbons (Fsp3) is 0.0667. The summed E-state index contributed by atoms with van der Waals surface area (Å²) < 4.78 is 37.8. The number of anilines is 1. The quantitative estimate of drug-likeness (QED) is 0.453. The Balaban J connectivity index is 1.95. The Morgan fingerprint density at radius 2 is 1.87 bits per heavy atom. The molecule has 0 saturated carbocycles. The Morgan fingerprint density at radius 1 is 1.13 bits per heavy atom. The van der Waals surface area contributed by atoms with Crippen molar-refractivity contribution in [3.8, 4) is 5.75 Å². The topological polar surface area (TPSA) is 56.7 Å². The number of benzene rings is 2. The van der Waals surface area contributed by atoms with Crippen LogP contribution < -0.4 is 10.7 Å². The number of nitrogens with zero attached hydrogens (tertiary/aromatic N) is 1. The third-order valence-corrected chi connectivity index (χ3v) is 2.89. The van der Waals surface area contributed by atoms with E-state index in [4.69, 9.17) is 12.2 Å². The van der Waals surface area contributed by atoms with Crippen LogP contribution in [-0.4, -0.2) is 16.4 Å². The standard InChI is InChI=1S/C15H12F3N3OS/c16-15(17,18)11-4-2-5-12(8-11)20-14(23)21-19-9-10-3-1-6-13(22)7-10/h1-9,22H,(H2,20,21,23)/b19-9-. The Kier molecular flexibility index (Phi) is 5.17. The molecular weight excluding hydrogens is 327 g/mol. The summed E-state index contributed by atoms with van der Waals surface area (Å²) >= 11 is 4.95. The second kappa shape index (κ2) is 7.10. The zero-order chi connectivity index (χ0) is 16.9. The molecule has 0 bridgehead atoms. The number of hydrogen-bond donors (Lipinski definition) is 3. The number of thiocarbonyl (C=S) groups is 1. The predicted octanol–water partition coefficient (Wildman–Crippen LogP) is 3.73. The van der Waals surface area contributed by atoms with Crippen LogP contribution in [0.15, 0.2) is 53.6 Å². The highest BCUT2D eigenvalue weighted by Crippen LogP contribution is 2.30. The monoisotopic (exact) mass is 339 g/mol. The highest BCUT2D eigenvalue weighted by atomic mass is 32.1. The van der Waals surface area contributed by atoms with Crippen LogP contribution in [0.25, 0.3) is 0 Å². The summed E-state index contributed by atoms with van der Waals surface area (Å²) in [6.45, 7) is 0. The Labute approximate surface area is 135 Å². The molecule has 0 radical (unpaired) electrons. The smallest absolute Gasteiger partial charge is 0.416 e. The van der Waals surface area contributed by atoms with Crippen LogP contribution in [-0.2, 0) is 6.18 Å². The van der Waals surface area contributed by atoms with E-state index < -0.39 is 11.7 Å². The molecule has 0 spiro atoms. The van der Waals surface area contributed by atoms with Crippen LogP contribution >= 0.6 is 12.2 Å². The average molecular weight is 339 g/mol. The van der Waals surface area contributed by atoms with E-state index in [9.17, 15) is 18.3 Å². The molecule has 0 heterocycles. The summed E-state index contributed by atoms with van der Waals surface area (Å²) in [5.41, 5.74) is 2.55. The van der Waals surface area contributed by atoms with E-state index in [0.29, 0.717) is 5.56 Å². The summed E-state index contributed by atoms with van der Waals surface area (Å²) in [4.78, 5) is 0. The molecule has 0 aliphatic carbocycles. The van der Waals surface area contributed by atoms with Crippen LogP contribution in [0.1, 0.15) is 11.1 Å². The first kappa shape index (κ1) is 16.8. The molecule has 0 aliphatic heterocycles. The van der Waals surface area contributed by atoms with Gasteiger partial charge in [-0.15, -0.1) is 0 Å². The van der Waals surface area contributed by atoms with Crippen molar-refractivity contribution in [3.05, 3.63) is 59.7 Å². The Bertz CT molecular complexity index is 732. The van der Waals surface area contributed by atoms with Gasteiger partial charge in [0.1, 0.15) is 5.75 Å². The normalized spacial score (nSPS) is 11.4. The van der Waals surface area contributed by atoms with Crippen molar-refractivity contribution in [1.29, 1.82) is 0 Å². The minimum atomic E-state index is -4.42. The van der Waals surface area contributed by atoms with Crippen LogP contribution in [0.5, 0.6) is 5.75 Å². The minimum Gasteiger partial charge on any atom is -0.508 e. The van der Waals surface area contributed by atoms with Crippen molar-refractivity contribution in [3.63, 3.8) is 0 Å². The molecule has 2 rings (SSSR count). The SMILES string of the molecule is Oc1cccc(/C=N\NC(=S)Nc2cccc(C(F)(F)F)c2)c1. The summed E-state index contributed by atoms with van der Waals surface area (Å²) in [5.74, 6) is 0.0959. The van der Waals surface area contributed by atoms with Crippen molar-refractivity contribution >= 4 is 29.2 Å². The van der Waals surface area contributed by atoms with Crippen molar-refractivity contribution in [2.45, 2.75) is 6.18 Å². The maximum atomic E-state index is 12.6. The zero-order valence-electron chi connectivity index (χ0n) is 11.6. The van der Waals surface area contributed by atoms with E-state index in [1.165, 1.54) is 30.5 Å². The van der Waals surface area contributed by atoms with Gasteiger partial charge in [-0.2, -0.15) is 18.3 Å². The number of aromatic hydroxyl groups is 1. The minimum absolute atomic E-state index is 0.0423. The number of rotatable bonds is 3. The van der Waals surface area contributed by atoms with Gasteiger partial charge in [0.25, 0.3) is 0 Å². The Hall–Kier alpha value is -2.61. The van der Waals surface area contributed by atoms with Crippen LogP contribution in [0.4, 0.5) is 18.9 Å². The van der Waals surface area contributed by atoms with Crippen molar-refractivity contribution in [2.75, 3.05) is 5.32 Å². The van der Waals surface area contributed by atoms with E-state index >= 15 is 0 Å². The lowest BCUT2D eigenvalue weighted by Gasteiger charge is -2.10. The first-order valence-electron chi connectivity index (χ1n) is 6.41. The number of phenolic OH excluding ortho intramolecular Hbond substituents is 1. The molecule has 4 nitrogen and oxygen atoms in total. The van der Waals surface area contributed by atoms with Gasteiger partial charge in [-0.05, 0) is 48.1 Å². The van der Waals surface area contributed by atoms with Crippen LogP contribution in [0, 0.1) is 0 Å². The van der Waals surface area contributed by atoms with E-state index in [1.54, 1.807) is 12.1 Å². The lowest BCUT2D eigenvalue weighted by molar-refractivity contribution is -0.137. The molecule has 0 aliphatic rings. The van der Waals surface area contributed by atoms with Gasteiger partial charge in [0.05, 0.1) is 11.8 Å². The summed E-state index contributed by atoms with van der Waals surface area (Å²) in [6, 6.07) is 11.0. The maximum Gasteiger partial charge on any atom is 0.416 e. The number of nitrogens with one attached hydrogen (secondary N) is 2. The van der Waals surface area contributed by atoms with Gasteiger partial charge < -0.3 is 10.4 Å². The average Bonchev–Trinajstić information content (AvgIpc) is 2.46. The van der Waals surface area contributed by atoms with Crippen LogP contribution in [0.3, 0.4) is 0 Å². The molecule has 3 N–H and O–H groups in total. The van der Waals surface area contributed by atoms with Gasteiger partial charge in [0, 0.05) is 5.69 Å². The molecule has 0 fully saturated rings. The fourth-order valence-corrected chi connectivity index (χ4v) is 1.87. The van der Waals surface area contributed by atoms with Gasteiger partial charge in [0.2, 0.25) is 0 Å². The summed E-state index contributed by atoms with van der Waals surface area (Å²) in [6.07, 6.45) is -3.00. The van der Waals surface area contributed by atoms with Crippen molar-refractivity contribution in [1.82, 2.24) is 5.43 Å².